The summed E-state index contributed by atoms with van der Waals surface area (Å²) in [6.45, 7) is 6.20. The van der Waals surface area contributed by atoms with Crippen LogP contribution >= 0.6 is 0 Å². The second-order valence-corrected chi connectivity index (χ2v) is 9.42. The Kier molecular flexibility index (Phi) is 7.49. The molecule has 1 heterocycles. The Morgan fingerprint density at radius 2 is 1.69 bits per heavy atom. The van der Waals surface area contributed by atoms with E-state index >= 15 is 0 Å². The molecule has 2 amide bonds. The maximum Gasteiger partial charge on any atom is 0.411 e. The quantitative estimate of drug-likeness (QED) is 0.682. The Hall–Kier alpha value is -2.95. The third kappa shape index (κ3) is 5.84. The largest absolute Gasteiger partial charge is 0.450 e. The van der Waals surface area contributed by atoms with Gasteiger partial charge in [-0.25, -0.2) is 13.2 Å². The first-order chi connectivity index (χ1) is 15.2. The zero-order chi connectivity index (χ0) is 23.3. The Morgan fingerprint density at radius 1 is 1.03 bits per heavy atom. The molecule has 0 aromatic heterocycles. The van der Waals surface area contributed by atoms with Gasteiger partial charge in [0.05, 0.1) is 23.7 Å². The molecular formula is C22H27N3O6S. The molecule has 0 saturated carbocycles. The van der Waals surface area contributed by atoms with Crippen LogP contribution in [-0.4, -0.2) is 56.6 Å². The lowest BCUT2D eigenvalue weighted by Crippen LogP contribution is -2.48. The first-order valence-corrected chi connectivity index (χ1v) is 11.7. The Morgan fingerprint density at radius 3 is 2.31 bits per heavy atom. The van der Waals surface area contributed by atoms with Crippen LogP contribution in [0.3, 0.4) is 0 Å². The van der Waals surface area contributed by atoms with Crippen molar-refractivity contribution >= 4 is 33.4 Å². The number of sulfonamides is 1. The van der Waals surface area contributed by atoms with E-state index < -0.39 is 22.0 Å². The van der Waals surface area contributed by atoms with E-state index in [0.717, 1.165) is 0 Å². The summed E-state index contributed by atoms with van der Waals surface area (Å²) in [5.74, 6) is -0.399. The minimum Gasteiger partial charge on any atom is -0.450 e. The number of anilines is 2. The average molecular weight is 462 g/mol. The molecular weight excluding hydrogens is 434 g/mol. The summed E-state index contributed by atoms with van der Waals surface area (Å²) in [4.78, 5) is 24.3. The monoisotopic (exact) mass is 461 g/mol. The van der Waals surface area contributed by atoms with E-state index in [-0.39, 0.29) is 23.7 Å². The maximum atomic E-state index is 12.9. The number of benzene rings is 2. The van der Waals surface area contributed by atoms with Gasteiger partial charge in [0, 0.05) is 30.0 Å². The summed E-state index contributed by atoms with van der Waals surface area (Å²) < 4.78 is 37.7. The topological polar surface area (TPSA) is 114 Å². The summed E-state index contributed by atoms with van der Waals surface area (Å²) in [6.07, 6.45) is -0.965. The fraction of sp³-hybridized carbons (Fsp3) is 0.364. The predicted octanol–water partition coefficient (Wildman–Crippen LogP) is 3.31. The van der Waals surface area contributed by atoms with Gasteiger partial charge in [-0.05, 0) is 63.2 Å². The zero-order valence-corrected chi connectivity index (χ0v) is 19.0. The number of amides is 2. The van der Waals surface area contributed by atoms with Gasteiger partial charge in [0.1, 0.15) is 0 Å². The van der Waals surface area contributed by atoms with Gasteiger partial charge in [0.15, 0.2) is 0 Å². The second kappa shape index (κ2) is 10.1. The van der Waals surface area contributed by atoms with Crippen molar-refractivity contribution in [2.24, 2.45) is 0 Å². The van der Waals surface area contributed by atoms with Gasteiger partial charge in [-0.15, -0.1) is 0 Å². The van der Waals surface area contributed by atoms with Gasteiger partial charge in [-0.3, -0.25) is 10.1 Å². The SMILES string of the molecule is CCOC(=O)Nc1cccc(C(=O)Nc2ccc(S(=O)(=O)N3C[C@@H](C)O[C@H](C)C3)cc2)c1. The normalized spacial score (nSPS) is 19.2. The number of hydrogen-bond acceptors (Lipinski definition) is 6. The minimum atomic E-state index is -3.66. The second-order valence-electron chi connectivity index (χ2n) is 7.48. The lowest BCUT2D eigenvalue weighted by atomic mass is 10.2. The van der Waals surface area contributed by atoms with Gasteiger partial charge in [-0.1, -0.05) is 6.07 Å². The van der Waals surface area contributed by atoms with Crippen molar-refractivity contribution < 1.29 is 27.5 Å². The van der Waals surface area contributed by atoms with Crippen LogP contribution < -0.4 is 10.6 Å². The highest BCUT2D eigenvalue weighted by Gasteiger charge is 2.32. The molecule has 3 rings (SSSR count). The van der Waals surface area contributed by atoms with E-state index in [9.17, 15) is 18.0 Å². The van der Waals surface area contributed by atoms with Gasteiger partial charge in [0.25, 0.3) is 5.91 Å². The van der Waals surface area contributed by atoms with Crippen LogP contribution in [0.15, 0.2) is 53.4 Å². The minimum absolute atomic E-state index is 0.150. The van der Waals surface area contributed by atoms with E-state index in [1.165, 1.54) is 22.5 Å². The van der Waals surface area contributed by atoms with E-state index in [2.05, 4.69) is 10.6 Å². The Labute approximate surface area is 187 Å². The van der Waals surface area contributed by atoms with Crippen molar-refractivity contribution in [3.05, 3.63) is 54.1 Å². The van der Waals surface area contributed by atoms with Gasteiger partial charge in [0.2, 0.25) is 10.0 Å². The first kappa shape index (κ1) is 23.7. The smallest absolute Gasteiger partial charge is 0.411 e. The van der Waals surface area contributed by atoms with Gasteiger partial charge in [-0.2, -0.15) is 4.31 Å². The number of carbonyl (C=O) groups is 2. The Balaban J connectivity index is 1.68. The molecule has 1 aliphatic heterocycles. The molecule has 0 unspecified atom stereocenters. The summed E-state index contributed by atoms with van der Waals surface area (Å²) in [7, 11) is -3.66. The highest BCUT2D eigenvalue weighted by molar-refractivity contribution is 7.89. The summed E-state index contributed by atoms with van der Waals surface area (Å²) in [6, 6.07) is 12.4. The average Bonchev–Trinajstić information content (AvgIpc) is 2.74. The van der Waals surface area contributed by atoms with Crippen LogP contribution in [0.2, 0.25) is 0 Å². The van der Waals surface area contributed by atoms with Crippen LogP contribution in [0.4, 0.5) is 16.2 Å². The molecule has 10 heteroatoms. The van der Waals surface area contributed by atoms with Crippen LogP contribution in [-0.2, 0) is 19.5 Å². The van der Waals surface area contributed by atoms with Crippen LogP contribution in [0, 0.1) is 0 Å². The van der Waals surface area contributed by atoms with Crippen molar-refractivity contribution in [3.8, 4) is 0 Å². The fourth-order valence-corrected chi connectivity index (χ4v) is 5.00. The molecule has 2 aromatic rings. The van der Waals surface area contributed by atoms with E-state index in [4.69, 9.17) is 9.47 Å². The van der Waals surface area contributed by atoms with E-state index in [0.29, 0.717) is 30.0 Å². The fourth-order valence-electron chi connectivity index (χ4n) is 3.41. The molecule has 32 heavy (non-hydrogen) atoms. The van der Waals surface area contributed by atoms with Gasteiger partial charge < -0.3 is 14.8 Å². The lowest BCUT2D eigenvalue weighted by molar-refractivity contribution is -0.0440. The van der Waals surface area contributed by atoms with Crippen molar-refractivity contribution in [1.82, 2.24) is 4.31 Å². The molecule has 2 N–H and O–H groups in total. The number of nitrogens with one attached hydrogen (secondary N) is 2. The zero-order valence-electron chi connectivity index (χ0n) is 18.2. The molecule has 2 atom stereocenters. The number of morpholine rings is 1. The van der Waals surface area contributed by atoms with Crippen molar-refractivity contribution in [2.45, 2.75) is 37.9 Å². The molecule has 0 spiro atoms. The van der Waals surface area contributed by atoms with Crippen LogP contribution in [0.1, 0.15) is 31.1 Å². The number of nitrogens with zero attached hydrogens (tertiary/aromatic N) is 1. The maximum absolute atomic E-state index is 12.9. The number of ether oxygens (including phenoxy) is 2. The molecule has 1 aliphatic rings. The number of hydrogen-bond donors (Lipinski definition) is 2. The molecule has 0 aliphatic carbocycles. The molecule has 172 valence electrons. The molecule has 0 radical (unpaired) electrons. The summed E-state index contributed by atoms with van der Waals surface area (Å²) in [5.41, 5.74) is 1.19. The molecule has 9 nitrogen and oxygen atoms in total. The van der Waals surface area contributed by atoms with Crippen LogP contribution in [0.5, 0.6) is 0 Å². The molecule has 1 saturated heterocycles. The highest BCUT2D eigenvalue weighted by atomic mass is 32.2. The molecule has 0 bridgehead atoms. The number of rotatable bonds is 6. The molecule has 2 aromatic carbocycles. The predicted molar refractivity (Wildman–Crippen MR) is 120 cm³/mol. The Bertz CT molecular complexity index is 1060. The highest BCUT2D eigenvalue weighted by Crippen LogP contribution is 2.23. The standard InChI is InChI=1S/C22H27N3O6S/c1-4-30-22(27)24-19-7-5-6-17(12-19)21(26)23-18-8-10-20(11-9-18)32(28,29)25-13-15(2)31-16(3)14-25/h5-12,15-16H,4,13-14H2,1-3H3,(H,23,26)(H,24,27)/t15-,16-/m1/s1. The van der Waals surface area contributed by atoms with E-state index in [1.54, 1.807) is 37.3 Å². The van der Waals surface area contributed by atoms with Crippen LogP contribution in [0.25, 0.3) is 0 Å². The third-order valence-electron chi connectivity index (χ3n) is 4.78. The lowest BCUT2D eigenvalue weighted by Gasteiger charge is -2.34. The van der Waals surface area contributed by atoms with Crippen molar-refractivity contribution in [2.75, 3.05) is 30.3 Å². The molecule has 1 fully saturated rings. The first-order valence-electron chi connectivity index (χ1n) is 10.3. The van der Waals surface area contributed by atoms with E-state index in [1.807, 2.05) is 13.8 Å². The summed E-state index contributed by atoms with van der Waals surface area (Å²) >= 11 is 0. The third-order valence-corrected chi connectivity index (χ3v) is 6.63. The van der Waals surface area contributed by atoms with Crippen molar-refractivity contribution in [3.63, 3.8) is 0 Å². The summed E-state index contributed by atoms with van der Waals surface area (Å²) in [5, 5.41) is 5.27. The van der Waals surface area contributed by atoms with Crippen molar-refractivity contribution in [1.29, 1.82) is 0 Å². The number of carbonyl (C=O) groups excluding carboxylic acids is 2. The van der Waals surface area contributed by atoms with Gasteiger partial charge >= 0.3 is 6.09 Å².